The van der Waals surface area contributed by atoms with Crippen LogP contribution in [0.15, 0.2) is 42.7 Å². The molecule has 0 fully saturated rings. The first-order valence-corrected chi connectivity index (χ1v) is 8.32. The SMILES string of the molecule is COc1cc(N2Cc3nnc(Cc4ccccc4)n3[C@@H](C)C2)ncn1. The second kappa shape index (κ2) is 6.51. The summed E-state index contributed by atoms with van der Waals surface area (Å²) in [7, 11) is 1.61. The molecule has 1 aliphatic heterocycles. The Morgan fingerprint density at radius 3 is 2.80 bits per heavy atom. The van der Waals surface area contributed by atoms with E-state index in [1.807, 2.05) is 12.1 Å². The number of nitrogens with zero attached hydrogens (tertiary/aromatic N) is 6. The maximum Gasteiger partial charge on any atom is 0.218 e. The van der Waals surface area contributed by atoms with Crippen molar-refractivity contribution in [3.63, 3.8) is 0 Å². The van der Waals surface area contributed by atoms with Crippen LogP contribution in [0.4, 0.5) is 5.82 Å². The number of hydrogen-bond acceptors (Lipinski definition) is 6. The minimum Gasteiger partial charge on any atom is -0.481 e. The molecule has 0 aliphatic carbocycles. The van der Waals surface area contributed by atoms with Gasteiger partial charge in [0.05, 0.1) is 19.7 Å². The first-order valence-electron chi connectivity index (χ1n) is 8.32. The average Bonchev–Trinajstić information content (AvgIpc) is 3.06. The van der Waals surface area contributed by atoms with Gasteiger partial charge in [-0.3, -0.25) is 0 Å². The zero-order valence-corrected chi connectivity index (χ0v) is 14.3. The van der Waals surface area contributed by atoms with Gasteiger partial charge >= 0.3 is 0 Å². The maximum atomic E-state index is 5.20. The van der Waals surface area contributed by atoms with Crippen LogP contribution in [-0.4, -0.2) is 38.4 Å². The molecule has 0 N–H and O–H groups in total. The van der Waals surface area contributed by atoms with Crippen LogP contribution in [-0.2, 0) is 13.0 Å². The first kappa shape index (κ1) is 15.6. The maximum absolute atomic E-state index is 5.20. The smallest absolute Gasteiger partial charge is 0.218 e. The summed E-state index contributed by atoms with van der Waals surface area (Å²) in [6.07, 6.45) is 2.32. The molecule has 0 saturated heterocycles. The predicted molar refractivity (Wildman–Crippen MR) is 93.6 cm³/mol. The van der Waals surface area contributed by atoms with Gasteiger partial charge in [-0.25, -0.2) is 9.97 Å². The number of methoxy groups -OCH3 is 1. The fourth-order valence-electron chi connectivity index (χ4n) is 3.30. The third-order valence-corrected chi connectivity index (χ3v) is 4.46. The van der Waals surface area contributed by atoms with Gasteiger partial charge in [0.15, 0.2) is 5.82 Å². The van der Waals surface area contributed by atoms with Crippen LogP contribution in [0.3, 0.4) is 0 Å². The number of aromatic nitrogens is 5. The summed E-state index contributed by atoms with van der Waals surface area (Å²) in [5, 5.41) is 8.85. The minimum atomic E-state index is 0.262. The van der Waals surface area contributed by atoms with Gasteiger partial charge in [0, 0.05) is 19.0 Å². The molecule has 7 nitrogen and oxygen atoms in total. The van der Waals surface area contributed by atoms with Crippen LogP contribution in [0, 0.1) is 0 Å². The van der Waals surface area contributed by atoms with Gasteiger partial charge in [-0.05, 0) is 12.5 Å². The van der Waals surface area contributed by atoms with Gasteiger partial charge in [0.1, 0.15) is 18.0 Å². The van der Waals surface area contributed by atoms with Crippen LogP contribution in [0.5, 0.6) is 5.88 Å². The third-order valence-electron chi connectivity index (χ3n) is 4.46. The Labute approximate surface area is 146 Å². The predicted octanol–water partition coefficient (Wildman–Crippen LogP) is 2.25. The molecule has 0 bridgehead atoms. The summed E-state index contributed by atoms with van der Waals surface area (Å²) in [4.78, 5) is 10.6. The molecule has 2 aromatic heterocycles. The summed E-state index contributed by atoms with van der Waals surface area (Å²) >= 11 is 0. The summed E-state index contributed by atoms with van der Waals surface area (Å²) in [5.74, 6) is 3.38. The van der Waals surface area contributed by atoms with E-state index in [1.54, 1.807) is 7.11 Å². The highest BCUT2D eigenvalue weighted by Crippen LogP contribution is 2.27. The van der Waals surface area contributed by atoms with Crippen molar-refractivity contribution in [3.05, 3.63) is 59.9 Å². The van der Waals surface area contributed by atoms with E-state index in [-0.39, 0.29) is 6.04 Å². The molecule has 3 heterocycles. The molecule has 1 aromatic carbocycles. The van der Waals surface area contributed by atoms with Crippen molar-refractivity contribution in [2.45, 2.75) is 25.9 Å². The fraction of sp³-hybridized carbons (Fsp3) is 0.333. The Balaban J connectivity index is 1.59. The monoisotopic (exact) mass is 336 g/mol. The lowest BCUT2D eigenvalue weighted by Crippen LogP contribution is -2.37. The summed E-state index contributed by atoms with van der Waals surface area (Å²) in [6, 6.07) is 12.5. The summed E-state index contributed by atoms with van der Waals surface area (Å²) < 4.78 is 7.45. The molecule has 0 unspecified atom stereocenters. The topological polar surface area (TPSA) is 69.0 Å². The van der Waals surface area contributed by atoms with Gasteiger partial charge in [-0.2, -0.15) is 0 Å². The van der Waals surface area contributed by atoms with Crippen molar-refractivity contribution in [2.24, 2.45) is 0 Å². The van der Waals surface area contributed by atoms with E-state index in [4.69, 9.17) is 4.74 Å². The number of anilines is 1. The molecule has 0 spiro atoms. The van der Waals surface area contributed by atoms with Crippen molar-refractivity contribution in [1.82, 2.24) is 24.7 Å². The Bertz CT molecular complexity index is 863. The molecule has 0 saturated carbocycles. The first-order chi connectivity index (χ1) is 12.2. The van der Waals surface area contributed by atoms with Crippen molar-refractivity contribution in [1.29, 1.82) is 0 Å². The molecular formula is C18H20N6O. The van der Waals surface area contributed by atoms with Gasteiger partial charge in [0.25, 0.3) is 0 Å². The number of hydrogen-bond donors (Lipinski definition) is 0. The largest absolute Gasteiger partial charge is 0.481 e. The minimum absolute atomic E-state index is 0.262. The van der Waals surface area contributed by atoms with E-state index in [0.29, 0.717) is 12.4 Å². The third kappa shape index (κ3) is 3.05. The van der Waals surface area contributed by atoms with Crippen molar-refractivity contribution >= 4 is 5.82 Å². The molecule has 25 heavy (non-hydrogen) atoms. The molecular weight excluding hydrogens is 316 g/mol. The molecule has 128 valence electrons. The zero-order valence-electron chi connectivity index (χ0n) is 14.3. The lowest BCUT2D eigenvalue weighted by molar-refractivity contribution is 0.395. The second-order valence-corrected chi connectivity index (χ2v) is 6.21. The normalized spacial score (nSPS) is 16.6. The molecule has 4 rings (SSSR count). The Hall–Kier alpha value is -2.96. The van der Waals surface area contributed by atoms with Crippen molar-refractivity contribution in [3.8, 4) is 5.88 Å². The lowest BCUT2D eigenvalue weighted by Gasteiger charge is -2.33. The molecule has 1 aliphatic rings. The van der Waals surface area contributed by atoms with E-state index in [9.17, 15) is 0 Å². The lowest BCUT2D eigenvalue weighted by atomic mass is 10.1. The average molecular weight is 336 g/mol. The summed E-state index contributed by atoms with van der Waals surface area (Å²) in [5.41, 5.74) is 1.24. The molecule has 7 heteroatoms. The van der Waals surface area contributed by atoms with Crippen molar-refractivity contribution in [2.75, 3.05) is 18.6 Å². The number of rotatable bonds is 4. The Morgan fingerprint density at radius 1 is 1.16 bits per heavy atom. The number of benzene rings is 1. The fourth-order valence-corrected chi connectivity index (χ4v) is 3.30. The molecule has 3 aromatic rings. The molecule has 1 atom stereocenters. The van der Waals surface area contributed by atoms with Crippen LogP contribution in [0.2, 0.25) is 0 Å². The van der Waals surface area contributed by atoms with E-state index < -0.39 is 0 Å². The van der Waals surface area contributed by atoms with Crippen LogP contribution in [0.1, 0.15) is 30.2 Å². The molecule has 0 radical (unpaired) electrons. The van der Waals surface area contributed by atoms with Gasteiger partial charge < -0.3 is 14.2 Å². The van der Waals surface area contributed by atoms with Gasteiger partial charge in [0.2, 0.25) is 5.88 Å². The highest BCUT2D eigenvalue weighted by molar-refractivity contribution is 5.42. The van der Waals surface area contributed by atoms with Gasteiger partial charge in [-0.1, -0.05) is 30.3 Å². The second-order valence-electron chi connectivity index (χ2n) is 6.21. The van der Waals surface area contributed by atoms with E-state index >= 15 is 0 Å². The number of fused-ring (bicyclic) bond motifs is 1. The van der Waals surface area contributed by atoms with Gasteiger partial charge in [-0.15, -0.1) is 10.2 Å². The highest BCUT2D eigenvalue weighted by Gasteiger charge is 2.27. The van der Waals surface area contributed by atoms with Crippen LogP contribution >= 0.6 is 0 Å². The van der Waals surface area contributed by atoms with Crippen molar-refractivity contribution < 1.29 is 4.74 Å². The van der Waals surface area contributed by atoms with Crippen LogP contribution in [0.25, 0.3) is 0 Å². The highest BCUT2D eigenvalue weighted by atomic mass is 16.5. The number of ether oxygens (including phenoxy) is 1. The zero-order chi connectivity index (χ0) is 17.2. The standard InChI is InChI=1S/C18H20N6O/c1-13-10-23(15-9-18(25-2)20-12-19-15)11-17-22-21-16(24(13)17)8-14-6-4-3-5-7-14/h3-7,9,12-13H,8,10-11H2,1-2H3/t13-/m0/s1. The van der Waals surface area contributed by atoms with E-state index in [2.05, 4.69) is 60.8 Å². The Kier molecular flexibility index (Phi) is 4.05. The molecule has 0 amide bonds. The quantitative estimate of drug-likeness (QED) is 0.728. The van der Waals surface area contributed by atoms with E-state index in [1.165, 1.54) is 11.9 Å². The van der Waals surface area contributed by atoms with E-state index in [0.717, 1.165) is 30.4 Å². The van der Waals surface area contributed by atoms with Crippen LogP contribution < -0.4 is 9.64 Å². The Morgan fingerprint density at radius 2 is 2.00 bits per heavy atom. The summed E-state index contributed by atoms with van der Waals surface area (Å²) in [6.45, 7) is 3.70.